The lowest BCUT2D eigenvalue weighted by Gasteiger charge is -2.23. The van der Waals surface area contributed by atoms with E-state index in [1.807, 2.05) is 30.3 Å². The molecule has 0 aliphatic carbocycles. The van der Waals surface area contributed by atoms with E-state index in [-0.39, 0.29) is 67.0 Å². The average Bonchev–Trinajstić information content (AvgIpc) is 3.61. The average molecular weight is 672 g/mol. The highest BCUT2D eigenvalue weighted by Gasteiger charge is 2.24. The van der Waals surface area contributed by atoms with E-state index in [2.05, 4.69) is 21.1 Å². The highest BCUT2D eigenvalue weighted by molar-refractivity contribution is 5.99. The van der Waals surface area contributed by atoms with Crippen LogP contribution in [0, 0.1) is 5.82 Å². The maximum absolute atomic E-state index is 15.1. The summed E-state index contributed by atoms with van der Waals surface area (Å²) in [6.07, 6.45) is 2.41. The fourth-order valence-corrected chi connectivity index (χ4v) is 5.37. The Bertz CT molecular complexity index is 1800. The fourth-order valence-electron chi connectivity index (χ4n) is 5.37. The maximum Gasteiger partial charge on any atom is 0.259 e. The van der Waals surface area contributed by atoms with E-state index in [1.54, 1.807) is 30.0 Å². The van der Waals surface area contributed by atoms with Crippen LogP contribution in [0.15, 0.2) is 77.5 Å². The quantitative estimate of drug-likeness (QED) is 0.279. The second-order valence-electron chi connectivity index (χ2n) is 11.4. The van der Waals surface area contributed by atoms with Crippen LogP contribution in [0.5, 0.6) is 17.2 Å². The molecular weight excluding hydrogens is 633 g/mol. The Balaban J connectivity index is 1.38. The van der Waals surface area contributed by atoms with Gasteiger partial charge in [0.25, 0.3) is 11.8 Å². The summed E-state index contributed by atoms with van der Waals surface area (Å²) >= 11 is 0. The number of nitrogens with zero attached hydrogens (tertiary/aromatic N) is 2. The zero-order valence-corrected chi connectivity index (χ0v) is 27.3. The molecule has 0 spiro atoms. The van der Waals surface area contributed by atoms with E-state index >= 15 is 4.39 Å². The van der Waals surface area contributed by atoms with Crippen LogP contribution in [0.2, 0.25) is 0 Å². The van der Waals surface area contributed by atoms with Gasteiger partial charge in [0.1, 0.15) is 23.6 Å². The van der Waals surface area contributed by atoms with E-state index in [0.717, 1.165) is 0 Å². The van der Waals surface area contributed by atoms with Crippen molar-refractivity contribution in [3.8, 4) is 28.5 Å². The molecule has 12 nitrogen and oxygen atoms in total. The van der Waals surface area contributed by atoms with Gasteiger partial charge >= 0.3 is 0 Å². The van der Waals surface area contributed by atoms with Crippen LogP contribution in [0.4, 0.5) is 4.39 Å². The van der Waals surface area contributed by atoms with Crippen molar-refractivity contribution in [1.29, 1.82) is 0 Å². The maximum atomic E-state index is 15.1. The SMILES string of the molecule is CC[C@@H]1NC(=O)CCCN(C(=O)c2conc2-c2ccccc2)CCCNC(=O)c2ccc(OC)c(c2)Oc2ccc(cc2F)CNC1=O. The van der Waals surface area contributed by atoms with Gasteiger partial charge in [-0.15, -0.1) is 0 Å². The summed E-state index contributed by atoms with van der Waals surface area (Å²) in [5, 5.41) is 12.4. The van der Waals surface area contributed by atoms with Gasteiger partial charge in [-0.2, -0.15) is 0 Å². The number of hydrogen-bond acceptors (Lipinski definition) is 8. The van der Waals surface area contributed by atoms with E-state index < -0.39 is 23.7 Å². The first-order chi connectivity index (χ1) is 23.8. The van der Waals surface area contributed by atoms with Crippen molar-refractivity contribution < 1.29 is 37.6 Å². The summed E-state index contributed by atoms with van der Waals surface area (Å²) in [5.41, 5.74) is 2.12. The summed E-state index contributed by atoms with van der Waals surface area (Å²) in [5.74, 6) is -1.84. The Labute approximate surface area is 282 Å². The molecular formula is C36H38FN5O7. The number of nitrogens with one attached hydrogen (secondary N) is 3. The Morgan fingerprint density at radius 3 is 2.53 bits per heavy atom. The van der Waals surface area contributed by atoms with Crippen molar-refractivity contribution in [2.45, 2.75) is 45.2 Å². The zero-order valence-electron chi connectivity index (χ0n) is 27.3. The lowest BCUT2D eigenvalue weighted by Crippen LogP contribution is -2.46. The van der Waals surface area contributed by atoms with Gasteiger partial charge in [0, 0.05) is 43.7 Å². The van der Waals surface area contributed by atoms with Gasteiger partial charge in [-0.1, -0.05) is 48.5 Å². The molecule has 0 saturated carbocycles. The molecule has 0 saturated heterocycles. The van der Waals surface area contributed by atoms with Crippen molar-refractivity contribution in [2.75, 3.05) is 26.7 Å². The molecule has 0 fully saturated rings. The van der Waals surface area contributed by atoms with Crippen LogP contribution in [0.3, 0.4) is 0 Å². The van der Waals surface area contributed by atoms with Crippen molar-refractivity contribution in [2.24, 2.45) is 0 Å². The molecule has 1 atom stereocenters. The molecule has 13 heteroatoms. The largest absolute Gasteiger partial charge is 0.493 e. The molecule has 0 unspecified atom stereocenters. The summed E-state index contributed by atoms with van der Waals surface area (Å²) in [6.45, 7) is 2.50. The number of hydrogen-bond donors (Lipinski definition) is 3. The Hall–Kier alpha value is -5.72. The van der Waals surface area contributed by atoms with Crippen LogP contribution in [-0.2, 0) is 16.1 Å². The zero-order chi connectivity index (χ0) is 34.8. The molecule has 1 aromatic heterocycles. The van der Waals surface area contributed by atoms with Crippen LogP contribution in [0.25, 0.3) is 11.3 Å². The first kappa shape index (κ1) is 34.6. The lowest BCUT2D eigenvalue weighted by atomic mass is 10.1. The van der Waals surface area contributed by atoms with E-state index in [1.165, 1.54) is 31.6 Å². The normalized spacial score (nSPS) is 16.6. The number of ether oxygens (including phenoxy) is 2. The van der Waals surface area contributed by atoms with Crippen LogP contribution in [0.1, 0.15) is 58.9 Å². The molecule has 3 N–H and O–H groups in total. The third-order valence-electron chi connectivity index (χ3n) is 8.03. The molecule has 3 heterocycles. The van der Waals surface area contributed by atoms with Gasteiger partial charge in [-0.3, -0.25) is 19.2 Å². The molecule has 256 valence electrons. The third kappa shape index (κ3) is 8.80. The van der Waals surface area contributed by atoms with E-state index in [0.29, 0.717) is 41.8 Å². The smallest absolute Gasteiger partial charge is 0.259 e. The standard InChI is InChI=1S/C36H38FN5O7/c1-3-28-35(45)39-21-23-12-14-29(27(37)19-23)49-31-20-25(13-15-30(31)47-2)34(44)38-16-8-18-42(17-7-11-32(43)40-28)36(46)26-22-48-41-33(26)24-9-5-4-6-10-24/h4-6,9-10,12-15,19-20,22,28H,3,7-8,11,16-18,21H2,1-2H3,(H,38,44)(H,39,45)(H,40,43)/t28-/m0/s1. The number of carbonyl (C=O) groups excluding carboxylic acids is 4. The van der Waals surface area contributed by atoms with E-state index in [4.69, 9.17) is 14.0 Å². The highest BCUT2D eigenvalue weighted by Crippen LogP contribution is 2.34. The van der Waals surface area contributed by atoms with Crippen LogP contribution < -0.4 is 25.4 Å². The predicted molar refractivity (Wildman–Crippen MR) is 178 cm³/mol. The number of amides is 4. The molecule has 49 heavy (non-hydrogen) atoms. The summed E-state index contributed by atoms with van der Waals surface area (Å²) in [6, 6.07) is 17.2. The molecule has 4 bridgehead atoms. The molecule has 2 aliphatic rings. The lowest BCUT2D eigenvalue weighted by molar-refractivity contribution is -0.129. The molecule has 0 radical (unpaired) electrons. The number of carbonyl (C=O) groups is 4. The van der Waals surface area contributed by atoms with Crippen LogP contribution >= 0.6 is 0 Å². The van der Waals surface area contributed by atoms with Gasteiger partial charge in [-0.05, 0) is 55.2 Å². The number of halogens is 1. The summed E-state index contributed by atoms with van der Waals surface area (Å²) in [4.78, 5) is 54.3. The number of methoxy groups -OCH3 is 1. The molecule has 4 aromatic rings. The molecule has 6 rings (SSSR count). The minimum Gasteiger partial charge on any atom is -0.493 e. The second-order valence-corrected chi connectivity index (χ2v) is 11.4. The van der Waals surface area contributed by atoms with Gasteiger partial charge < -0.3 is 34.8 Å². The summed E-state index contributed by atoms with van der Waals surface area (Å²) < 4.78 is 31.5. The monoisotopic (exact) mass is 671 g/mol. The fraction of sp³-hybridized carbons (Fsp3) is 0.306. The Morgan fingerprint density at radius 1 is 0.980 bits per heavy atom. The molecule has 3 aromatic carbocycles. The first-order valence-electron chi connectivity index (χ1n) is 16.1. The minimum absolute atomic E-state index is 0.0201. The number of fused-ring (bicyclic) bond motifs is 16. The topological polar surface area (TPSA) is 152 Å². The van der Waals surface area contributed by atoms with Crippen LogP contribution in [-0.4, -0.2) is 66.5 Å². The Kier molecular flexibility index (Phi) is 11.6. The predicted octanol–water partition coefficient (Wildman–Crippen LogP) is 4.85. The second kappa shape index (κ2) is 16.4. The minimum atomic E-state index is -0.798. The van der Waals surface area contributed by atoms with Crippen molar-refractivity contribution in [3.63, 3.8) is 0 Å². The van der Waals surface area contributed by atoms with Gasteiger partial charge in [-0.25, -0.2) is 4.39 Å². The number of benzene rings is 3. The highest BCUT2D eigenvalue weighted by atomic mass is 19.1. The molecule has 4 amide bonds. The van der Waals surface area contributed by atoms with Gasteiger partial charge in [0.05, 0.1) is 7.11 Å². The van der Waals surface area contributed by atoms with Crippen molar-refractivity contribution in [1.82, 2.24) is 26.0 Å². The molecule has 2 aliphatic heterocycles. The van der Waals surface area contributed by atoms with Gasteiger partial charge in [0.2, 0.25) is 11.8 Å². The number of rotatable bonds is 4. The first-order valence-corrected chi connectivity index (χ1v) is 16.1. The van der Waals surface area contributed by atoms with E-state index in [9.17, 15) is 19.2 Å². The van der Waals surface area contributed by atoms with Crippen molar-refractivity contribution >= 4 is 23.6 Å². The third-order valence-corrected chi connectivity index (χ3v) is 8.03. The summed E-state index contributed by atoms with van der Waals surface area (Å²) in [7, 11) is 1.43. The van der Waals surface area contributed by atoms with Gasteiger partial charge in [0.15, 0.2) is 23.1 Å². The number of aromatic nitrogens is 1. The Morgan fingerprint density at radius 2 is 1.78 bits per heavy atom. The van der Waals surface area contributed by atoms with Crippen molar-refractivity contribution in [3.05, 3.63) is 95.5 Å².